The second-order valence-corrected chi connectivity index (χ2v) is 6.61. The van der Waals surface area contributed by atoms with Crippen molar-refractivity contribution in [2.75, 3.05) is 24.6 Å². The highest BCUT2D eigenvalue weighted by molar-refractivity contribution is 5.97. The maximum atomic E-state index is 15.0. The summed E-state index contributed by atoms with van der Waals surface area (Å²) in [6.45, 7) is 7.45. The molecule has 1 atom stereocenters. The fraction of sp³-hybridized carbons (Fsp3) is 0.474. The van der Waals surface area contributed by atoms with Gasteiger partial charge in [0.2, 0.25) is 5.43 Å². The summed E-state index contributed by atoms with van der Waals surface area (Å²) in [4.78, 5) is 25.9. The van der Waals surface area contributed by atoms with Crippen LogP contribution < -0.4 is 15.1 Å². The zero-order valence-corrected chi connectivity index (χ0v) is 15.2. The summed E-state index contributed by atoms with van der Waals surface area (Å²) in [6, 6.07) is 0.989. The number of unbranched alkanes of at least 4 members (excludes halogenated alkanes) is 1. The monoisotopic (exact) mass is 362 g/mol. The van der Waals surface area contributed by atoms with E-state index in [2.05, 4.69) is 6.92 Å². The highest BCUT2D eigenvalue weighted by atomic mass is 19.1. The molecule has 2 heterocycles. The molecule has 1 aliphatic heterocycles. The first-order valence-corrected chi connectivity index (χ1v) is 8.93. The highest BCUT2D eigenvalue weighted by Crippen LogP contribution is 2.41. The van der Waals surface area contributed by atoms with Crippen LogP contribution in [0.5, 0.6) is 5.75 Å². The fourth-order valence-electron chi connectivity index (χ4n) is 3.44. The lowest BCUT2D eigenvalue weighted by Gasteiger charge is -2.32. The first-order chi connectivity index (χ1) is 12.4. The first-order valence-electron chi connectivity index (χ1n) is 8.93. The average molecular weight is 362 g/mol. The summed E-state index contributed by atoms with van der Waals surface area (Å²) in [7, 11) is 0. The molecule has 0 saturated heterocycles. The number of aromatic carboxylic acids is 1. The number of halogens is 1. The smallest absolute Gasteiger partial charge is 0.341 e. The van der Waals surface area contributed by atoms with Gasteiger partial charge in [-0.2, -0.15) is 0 Å². The molecule has 0 saturated carbocycles. The molecule has 0 spiro atoms. The maximum absolute atomic E-state index is 15.0. The van der Waals surface area contributed by atoms with Gasteiger partial charge in [0, 0.05) is 19.3 Å². The third-order valence-corrected chi connectivity index (χ3v) is 4.85. The molecule has 0 amide bonds. The van der Waals surface area contributed by atoms with Gasteiger partial charge in [-0.05, 0) is 26.3 Å². The van der Waals surface area contributed by atoms with Crippen LogP contribution in [0, 0.1) is 5.82 Å². The molecule has 1 aromatic heterocycles. The third kappa shape index (κ3) is 2.81. The topological polar surface area (TPSA) is 71.8 Å². The SMILES string of the molecule is CCCCN(CC)c1c(F)cc2c(=O)c(C(=O)O)cn3c2c1OCC3C. The van der Waals surface area contributed by atoms with Crippen molar-refractivity contribution in [1.29, 1.82) is 0 Å². The summed E-state index contributed by atoms with van der Waals surface area (Å²) in [5.74, 6) is -1.56. The molecule has 3 rings (SSSR count). The van der Waals surface area contributed by atoms with Crippen molar-refractivity contribution in [1.82, 2.24) is 4.57 Å². The molecule has 140 valence electrons. The average Bonchev–Trinajstić information content (AvgIpc) is 2.61. The highest BCUT2D eigenvalue weighted by Gasteiger charge is 2.29. The number of carboxylic acid groups (broad SMARTS) is 1. The van der Waals surface area contributed by atoms with Crippen molar-refractivity contribution >= 4 is 22.6 Å². The molecular weight excluding hydrogens is 339 g/mol. The van der Waals surface area contributed by atoms with Crippen LogP contribution in [0.25, 0.3) is 10.9 Å². The van der Waals surface area contributed by atoms with Crippen LogP contribution in [-0.4, -0.2) is 35.3 Å². The Labute approximate surface area is 150 Å². The Kier molecular flexibility index (Phi) is 4.89. The predicted molar refractivity (Wildman–Crippen MR) is 98.1 cm³/mol. The maximum Gasteiger partial charge on any atom is 0.341 e. The molecule has 2 aromatic rings. The minimum absolute atomic E-state index is 0.0410. The predicted octanol–water partition coefficient (Wildman–Crippen LogP) is 3.42. The quantitative estimate of drug-likeness (QED) is 0.852. The number of ether oxygens (including phenoxy) is 1. The standard InChI is InChI=1S/C19H23FN2O4/c1-4-6-7-21(5-2)16-14(20)8-12-15-18(16)26-10-11(3)22(15)9-13(17(12)23)19(24)25/h8-9,11H,4-7,10H2,1-3H3,(H,24,25). The zero-order chi connectivity index (χ0) is 19.0. The molecule has 1 N–H and O–H groups in total. The Bertz CT molecular complexity index is 922. The van der Waals surface area contributed by atoms with Crippen molar-refractivity contribution < 1.29 is 19.0 Å². The largest absolute Gasteiger partial charge is 0.487 e. The van der Waals surface area contributed by atoms with Gasteiger partial charge in [0.25, 0.3) is 0 Å². The van der Waals surface area contributed by atoms with Crippen LogP contribution in [0.1, 0.15) is 50.0 Å². The number of rotatable bonds is 6. The second-order valence-electron chi connectivity index (χ2n) is 6.61. The van der Waals surface area contributed by atoms with Crippen molar-refractivity contribution in [3.63, 3.8) is 0 Å². The van der Waals surface area contributed by atoms with Gasteiger partial charge in [-0.25, -0.2) is 9.18 Å². The molecule has 0 aliphatic carbocycles. The summed E-state index contributed by atoms with van der Waals surface area (Å²) in [6.07, 6.45) is 3.23. The summed E-state index contributed by atoms with van der Waals surface area (Å²) >= 11 is 0. The molecule has 0 radical (unpaired) electrons. The van der Waals surface area contributed by atoms with Gasteiger partial charge in [-0.1, -0.05) is 13.3 Å². The van der Waals surface area contributed by atoms with E-state index in [0.29, 0.717) is 30.0 Å². The van der Waals surface area contributed by atoms with E-state index in [1.54, 1.807) is 4.57 Å². The molecule has 1 aliphatic rings. The number of hydrogen-bond acceptors (Lipinski definition) is 4. The molecule has 1 unspecified atom stereocenters. The van der Waals surface area contributed by atoms with Crippen molar-refractivity contribution in [2.45, 2.75) is 39.7 Å². The van der Waals surface area contributed by atoms with Gasteiger partial charge in [0.1, 0.15) is 17.9 Å². The van der Waals surface area contributed by atoms with Gasteiger partial charge in [0.05, 0.1) is 16.9 Å². The van der Waals surface area contributed by atoms with Gasteiger partial charge < -0.3 is 19.3 Å². The Morgan fingerprint density at radius 1 is 1.46 bits per heavy atom. The minimum Gasteiger partial charge on any atom is -0.487 e. The number of pyridine rings is 1. The third-order valence-electron chi connectivity index (χ3n) is 4.85. The van der Waals surface area contributed by atoms with Crippen molar-refractivity contribution in [3.05, 3.63) is 33.9 Å². The number of carbonyl (C=O) groups is 1. The lowest BCUT2D eigenvalue weighted by molar-refractivity contribution is 0.0694. The van der Waals surface area contributed by atoms with E-state index in [1.807, 2.05) is 18.7 Å². The van der Waals surface area contributed by atoms with E-state index in [9.17, 15) is 19.1 Å². The van der Waals surface area contributed by atoms with E-state index < -0.39 is 17.2 Å². The van der Waals surface area contributed by atoms with Crippen molar-refractivity contribution in [3.8, 4) is 5.75 Å². The summed E-state index contributed by atoms with van der Waals surface area (Å²) in [5.41, 5.74) is -0.242. The van der Waals surface area contributed by atoms with Gasteiger partial charge in [0.15, 0.2) is 11.6 Å². The van der Waals surface area contributed by atoms with E-state index in [1.165, 1.54) is 6.20 Å². The number of hydrogen-bond donors (Lipinski definition) is 1. The number of aromatic nitrogens is 1. The van der Waals surface area contributed by atoms with Gasteiger partial charge in [-0.3, -0.25) is 4.79 Å². The van der Waals surface area contributed by atoms with Gasteiger partial charge >= 0.3 is 5.97 Å². The summed E-state index contributed by atoms with van der Waals surface area (Å²) in [5, 5.41) is 9.36. The summed E-state index contributed by atoms with van der Waals surface area (Å²) < 4.78 is 22.5. The molecule has 7 heteroatoms. The van der Waals surface area contributed by atoms with Crippen LogP contribution in [0.15, 0.2) is 17.1 Å². The molecule has 0 bridgehead atoms. The number of anilines is 1. The lowest BCUT2D eigenvalue weighted by atomic mass is 10.1. The lowest BCUT2D eigenvalue weighted by Crippen LogP contribution is -2.30. The van der Waals surface area contributed by atoms with Crippen LogP contribution in [0.3, 0.4) is 0 Å². The molecule has 1 aromatic carbocycles. The molecular formula is C19H23FN2O4. The van der Waals surface area contributed by atoms with E-state index in [4.69, 9.17) is 4.74 Å². The molecule has 26 heavy (non-hydrogen) atoms. The Morgan fingerprint density at radius 3 is 2.81 bits per heavy atom. The number of benzene rings is 1. The second kappa shape index (κ2) is 6.97. The Hall–Kier alpha value is -2.57. The number of nitrogens with zero attached hydrogens (tertiary/aromatic N) is 2. The first kappa shape index (κ1) is 18.2. The van der Waals surface area contributed by atoms with Crippen LogP contribution in [0.2, 0.25) is 0 Å². The fourth-order valence-corrected chi connectivity index (χ4v) is 3.44. The van der Waals surface area contributed by atoms with E-state index >= 15 is 0 Å². The Balaban J connectivity index is 2.35. The van der Waals surface area contributed by atoms with E-state index in [-0.39, 0.29) is 23.6 Å². The van der Waals surface area contributed by atoms with Crippen LogP contribution in [0.4, 0.5) is 10.1 Å². The van der Waals surface area contributed by atoms with Gasteiger partial charge in [-0.15, -0.1) is 0 Å². The van der Waals surface area contributed by atoms with E-state index in [0.717, 1.165) is 18.9 Å². The zero-order valence-electron chi connectivity index (χ0n) is 15.2. The molecule has 6 nitrogen and oxygen atoms in total. The minimum atomic E-state index is -1.32. The van der Waals surface area contributed by atoms with Crippen molar-refractivity contribution in [2.24, 2.45) is 0 Å². The van der Waals surface area contributed by atoms with Crippen LogP contribution in [-0.2, 0) is 0 Å². The normalized spacial score (nSPS) is 15.8. The molecule has 0 fully saturated rings. The van der Waals surface area contributed by atoms with Crippen LogP contribution >= 0.6 is 0 Å². The number of carboxylic acids is 1. The Morgan fingerprint density at radius 2 is 2.19 bits per heavy atom.